The van der Waals surface area contributed by atoms with E-state index in [2.05, 4.69) is 12.1 Å². The van der Waals surface area contributed by atoms with E-state index in [9.17, 15) is 4.79 Å². The maximum absolute atomic E-state index is 13.6. The van der Waals surface area contributed by atoms with Crippen molar-refractivity contribution in [1.29, 1.82) is 0 Å². The highest BCUT2D eigenvalue weighted by Gasteiger charge is 2.20. The minimum absolute atomic E-state index is 0.119. The van der Waals surface area contributed by atoms with Crippen molar-refractivity contribution in [3.05, 3.63) is 57.5 Å². The Morgan fingerprint density at radius 2 is 1.59 bits per heavy atom. The van der Waals surface area contributed by atoms with Crippen LogP contribution in [0.25, 0.3) is 5.78 Å². The molecule has 4 rings (SSSR count). The van der Waals surface area contributed by atoms with Crippen molar-refractivity contribution in [2.75, 3.05) is 6.26 Å². The summed E-state index contributed by atoms with van der Waals surface area (Å²) in [5.41, 5.74) is 3.26. The first-order valence-corrected chi connectivity index (χ1v) is 12.1. The zero-order valence-electron chi connectivity index (χ0n) is 17.3. The second-order valence-corrected chi connectivity index (χ2v) is 8.71. The number of hydrogen-bond acceptors (Lipinski definition) is 4. The summed E-state index contributed by atoms with van der Waals surface area (Å²) in [5.74, 6) is 0.675. The molecule has 1 aromatic carbocycles. The average Bonchev–Trinajstić information content (AvgIpc) is 3.17. The Bertz CT molecular complexity index is 1010. The molecule has 1 aliphatic carbocycles. The van der Waals surface area contributed by atoms with Gasteiger partial charge in [-0.05, 0) is 37.5 Å². The first-order valence-electron chi connectivity index (χ1n) is 10.9. The molecule has 5 nitrogen and oxygen atoms in total. The zero-order chi connectivity index (χ0) is 20.1. The molecule has 2 aromatic heterocycles. The third-order valence-corrected chi connectivity index (χ3v) is 6.41. The summed E-state index contributed by atoms with van der Waals surface area (Å²) in [6.07, 6.45) is 13.6. The summed E-state index contributed by atoms with van der Waals surface area (Å²) in [6.45, 7) is 0.531. The lowest BCUT2D eigenvalue weighted by molar-refractivity contribution is 0.548. The predicted octanol–water partition coefficient (Wildman–Crippen LogP) is 4.88. The van der Waals surface area contributed by atoms with E-state index in [0.717, 1.165) is 47.7 Å². The van der Waals surface area contributed by atoms with Crippen LogP contribution in [0.15, 0.2) is 40.3 Å². The van der Waals surface area contributed by atoms with Crippen LogP contribution in [0.2, 0.25) is 0 Å². The van der Waals surface area contributed by atoms with Crippen LogP contribution < -0.4 is 5.56 Å². The van der Waals surface area contributed by atoms with Gasteiger partial charge in [-0.2, -0.15) is 4.98 Å². The molecule has 154 valence electrons. The van der Waals surface area contributed by atoms with Gasteiger partial charge in [-0.3, -0.25) is 9.36 Å². The Kier molecular flexibility index (Phi) is 6.70. The van der Waals surface area contributed by atoms with Crippen molar-refractivity contribution in [2.24, 2.45) is 0 Å². The minimum Gasteiger partial charge on any atom is -0.272 e. The summed E-state index contributed by atoms with van der Waals surface area (Å²) >= 11 is 1.53. The van der Waals surface area contributed by atoms with E-state index < -0.39 is 0 Å². The Morgan fingerprint density at radius 3 is 2.28 bits per heavy atom. The Morgan fingerprint density at radius 1 is 0.931 bits per heavy atom. The van der Waals surface area contributed by atoms with Crippen LogP contribution in [0.4, 0.5) is 0 Å². The summed E-state index contributed by atoms with van der Waals surface area (Å²) in [6, 6.07) is 10.2. The third-order valence-electron chi connectivity index (χ3n) is 5.88. The van der Waals surface area contributed by atoms with Crippen molar-refractivity contribution >= 4 is 17.5 Å². The van der Waals surface area contributed by atoms with Crippen LogP contribution in [-0.2, 0) is 19.4 Å². The minimum atomic E-state index is 0.119. The topological polar surface area (TPSA) is 52.2 Å². The first kappa shape index (κ1) is 20.2. The quantitative estimate of drug-likeness (QED) is 0.578. The molecular weight excluding hydrogens is 380 g/mol. The molecule has 0 saturated carbocycles. The van der Waals surface area contributed by atoms with E-state index in [1.165, 1.54) is 50.3 Å². The molecule has 0 unspecified atom stereocenters. The summed E-state index contributed by atoms with van der Waals surface area (Å²) in [7, 11) is 0. The number of aromatic nitrogens is 4. The molecule has 1 aliphatic rings. The van der Waals surface area contributed by atoms with Gasteiger partial charge in [0.15, 0.2) is 0 Å². The predicted molar refractivity (Wildman–Crippen MR) is 119 cm³/mol. The molecule has 0 atom stereocenters. The van der Waals surface area contributed by atoms with Crippen molar-refractivity contribution in [3.63, 3.8) is 0 Å². The van der Waals surface area contributed by atoms with Gasteiger partial charge in [-0.1, -0.05) is 80.6 Å². The maximum atomic E-state index is 13.6. The third kappa shape index (κ3) is 4.58. The van der Waals surface area contributed by atoms with Gasteiger partial charge < -0.3 is 0 Å². The number of benzene rings is 1. The standard InChI is InChI=1S/C23H30N4OS/c1-29-22-24-23-26(17-18-13-9-8-10-14-18)21(28)19-15-11-6-4-2-3-5-7-12-16-20(19)27(23)25-22/h8-10,13-14H,2-7,11-12,15-17H2,1H3. The van der Waals surface area contributed by atoms with E-state index in [-0.39, 0.29) is 5.56 Å². The van der Waals surface area contributed by atoms with Crippen LogP contribution in [0.3, 0.4) is 0 Å². The molecule has 3 aromatic rings. The SMILES string of the molecule is CSc1nc2n(Cc3ccccc3)c(=O)c3c(n2n1)CCCCCCCCCC3. The van der Waals surface area contributed by atoms with Crippen molar-refractivity contribution in [2.45, 2.75) is 75.9 Å². The van der Waals surface area contributed by atoms with E-state index >= 15 is 0 Å². The number of thioether (sulfide) groups is 1. The number of nitrogens with zero attached hydrogens (tertiary/aromatic N) is 4. The molecular formula is C23H30N4OS. The van der Waals surface area contributed by atoms with E-state index in [0.29, 0.717) is 12.3 Å². The van der Waals surface area contributed by atoms with Gasteiger partial charge in [-0.25, -0.2) is 4.52 Å². The molecule has 0 radical (unpaired) electrons. The Balaban J connectivity index is 1.84. The number of rotatable bonds is 3. The van der Waals surface area contributed by atoms with Crippen LogP contribution in [-0.4, -0.2) is 25.4 Å². The molecule has 0 bridgehead atoms. The molecule has 2 heterocycles. The van der Waals surface area contributed by atoms with Crippen LogP contribution in [0.1, 0.15) is 68.2 Å². The lowest BCUT2D eigenvalue weighted by Crippen LogP contribution is -2.30. The van der Waals surface area contributed by atoms with Crippen LogP contribution in [0, 0.1) is 0 Å². The average molecular weight is 411 g/mol. The van der Waals surface area contributed by atoms with Gasteiger partial charge >= 0.3 is 0 Å². The fourth-order valence-corrected chi connectivity index (χ4v) is 4.64. The second kappa shape index (κ2) is 9.61. The Hall–Kier alpha value is -2.08. The highest BCUT2D eigenvalue weighted by atomic mass is 32.2. The van der Waals surface area contributed by atoms with Gasteiger partial charge in [0.2, 0.25) is 10.9 Å². The van der Waals surface area contributed by atoms with Gasteiger partial charge in [0.25, 0.3) is 5.56 Å². The molecule has 0 spiro atoms. The molecule has 0 aliphatic heterocycles. The normalized spacial score (nSPS) is 16.2. The fourth-order valence-electron chi connectivity index (χ4n) is 4.30. The van der Waals surface area contributed by atoms with Gasteiger partial charge in [0.1, 0.15) is 0 Å². The summed E-state index contributed by atoms with van der Waals surface area (Å²) in [4.78, 5) is 18.3. The van der Waals surface area contributed by atoms with Crippen molar-refractivity contribution in [3.8, 4) is 0 Å². The number of aryl methyl sites for hydroxylation is 1. The number of fused-ring (bicyclic) bond motifs is 3. The van der Waals surface area contributed by atoms with E-state index in [1.54, 1.807) is 0 Å². The summed E-state index contributed by atoms with van der Waals surface area (Å²) < 4.78 is 3.80. The monoisotopic (exact) mass is 410 g/mol. The molecule has 0 saturated heterocycles. The zero-order valence-corrected chi connectivity index (χ0v) is 18.1. The lowest BCUT2D eigenvalue weighted by atomic mass is 9.99. The Labute approximate surface area is 176 Å². The number of hydrogen-bond donors (Lipinski definition) is 0. The highest BCUT2D eigenvalue weighted by Crippen LogP contribution is 2.20. The largest absolute Gasteiger partial charge is 0.272 e. The molecule has 29 heavy (non-hydrogen) atoms. The van der Waals surface area contributed by atoms with Gasteiger partial charge in [0.05, 0.1) is 12.2 Å². The summed E-state index contributed by atoms with van der Waals surface area (Å²) in [5, 5.41) is 5.49. The van der Waals surface area contributed by atoms with Crippen LogP contribution in [0.5, 0.6) is 0 Å². The molecule has 0 amide bonds. The van der Waals surface area contributed by atoms with Crippen LogP contribution >= 0.6 is 11.8 Å². The van der Waals surface area contributed by atoms with Crippen molar-refractivity contribution < 1.29 is 0 Å². The molecule has 6 heteroatoms. The highest BCUT2D eigenvalue weighted by molar-refractivity contribution is 7.98. The van der Waals surface area contributed by atoms with E-state index in [4.69, 9.17) is 10.1 Å². The first-order chi connectivity index (χ1) is 14.3. The molecule has 0 N–H and O–H groups in total. The maximum Gasteiger partial charge on any atom is 0.258 e. The van der Waals surface area contributed by atoms with Gasteiger partial charge in [-0.15, -0.1) is 5.10 Å². The van der Waals surface area contributed by atoms with E-state index in [1.807, 2.05) is 33.5 Å². The second-order valence-electron chi connectivity index (χ2n) is 7.94. The lowest BCUT2D eigenvalue weighted by Gasteiger charge is -2.16. The molecule has 0 fully saturated rings. The smallest absolute Gasteiger partial charge is 0.258 e. The van der Waals surface area contributed by atoms with Gasteiger partial charge in [0, 0.05) is 5.56 Å². The fraction of sp³-hybridized carbons (Fsp3) is 0.522. The van der Waals surface area contributed by atoms with Crippen molar-refractivity contribution in [1.82, 2.24) is 19.2 Å².